The lowest BCUT2D eigenvalue weighted by Crippen LogP contribution is -2.28. The zero-order valence-electron chi connectivity index (χ0n) is 6.69. The molecule has 1 fully saturated rings. The van der Waals surface area contributed by atoms with Crippen molar-refractivity contribution in [1.82, 2.24) is 4.47 Å². The number of aliphatic hydroxyl groups is 1. The van der Waals surface area contributed by atoms with Gasteiger partial charge in [0.1, 0.15) is 11.0 Å². The number of rotatable bonds is 2. The van der Waals surface area contributed by atoms with Gasteiger partial charge in [0.05, 0.1) is 19.3 Å². The summed E-state index contributed by atoms with van der Waals surface area (Å²) in [5, 5.41) is 9.07. The minimum atomic E-state index is -1.12. The minimum Gasteiger partial charge on any atom is -0.389 e. The summed E-state index contributed by atoms with van der Waals surface area (Å²) in [6, 6.07) is 0. The van der Waals surface area contributed by atoms with E-state index in [-0.39, 0.29) is 11.9 Å². The maximum atomic E-state index is 11.3. The van der Waals surface area contributed by atoms with Crippen molar-refractivity contribution in [2.75, 3.05) is 13.2 Å². The molecule has 0 saturated carbocycles. The fourth-order valence-corrected chi connectivity index (χ4v) is 1.76. The molecule has 0 aromatic rings. The summed E-state index contributed by atoms with van der Waals surface area (Å²) in [5.41, 5.74) is 0. The Morgan fingerprint density at radius 1 is 1.73 bits per heavy atom. The van der Waals surface area contributed by atoms with E-state index in [9.17, 15) is 4.21 Å². The number of aliphatic hydroxyl groups excluding tert-OH is 1. The van der Waals surface area contributed by atoms with Crippen molar-refractivity contribution in [3.8, 4) is 0 Å². The second kappa shape index (κ2) is 3.62. The molecule has 0 radical (unpaired) electrons. The summed E-state index contributed by atoms with van der Waals surface area (Å²) >= 11 is 0. The van der Waals surface area contributed by atoms with Crippen LogP contribution in [-0.4, -0.2) is 38.3 Å². The first-order valence-corrected chi connectivity index (χ1v) is 4.77. The van der Waals surface area contributed by atoms with Gasteiger partial charge >= 0.3 is 0 Å². The van der Waals surface area contributed by atoms with Crippen molar-refractivity contribution < 1.29 is 14.2 Å². The number of hydroxylamine groups is 1. The lowest BCUT2D eigenvalue weighted by molar-refractivity contribution is -0.0273. The first-order chi connectivity index (χ1) is 5.11. The van der Waals surface area contributed by atoms with Gasteiger partial charge in [-0.05, 0) is 13.8 Å². The Kier molecular flexibility index (Phi) is 3.00. The highest BCUT2D eigenvalue weighted by atomic mass is 32.2. The fourth-order valence-electron chi connectivity index (χ4n) is 0.807. The Morgan fingerprint density at radius 2 is 2.36 bits per heavy atom. The molecule has 4 nitrogen and oxygen atoms in total. The molecule has 1 heterocycles. The Balaban J connectivity index is 2.43. The van der Waals surface area contributed by atoms with Crippen molar-refractivity contribution in [3.63, 3.8) is 0 Å². The molecule has 0 spiro atoms. The summed E-state index contributed by atoms with van der Waals surface area (Å²) < 4.78 is 12.6. The monoisotopic (exact) mass is 179 g/mol. The molecular weight excluding hydrogens is 166 g/mol. The molecule has 1 aliphatic heterocycles. The zero-order valence-corrected chi connectivity index (χ0v) is 7.50. The normalized spacial score (nSPS) is 29.6. The van der Waals surface area contributed by atoms with Crippen LogP contribution in [0.15, 0.2) is 0 Å². The number of nitrogens with zero attached hydrogens (tertiary/aromatic N) is 1. The van der Waals surface area contributed by atoms with Gasteiger partial charge in [0, 0.05) is 5.25 Å². The quantitative estimate of drug-likeness (QED) is 0.631. The Hall–Kier alpha value is 0.0300. The van der Waals surface area contributed by atoms with Crippen molar-refractivity contribution >= 4 is 11.0 Å². The van der Waals surface area contributed by atoms with Gasteiger partial charge in [-0.3, -0.25) is 4.84 Å². The van der Waals surface area contributed by atoms with E-state index in [1.54, 1.807) is 0 Å². The average Bonchev–Trinajstić information content (AvgIpc) is 2.34. The maximum Gasteiger partial charge on any atom is 0.121 e. The van der Waals surface area contributed by atoms with Crippen molar-refractivity contribution in [1.29, 1.82) is 0 Å². The van der Waals surface area contributed by atoms with E-state index in [1.165, 1.54) is 4.47 Å². The Morgan fingerprint density at radius 3 is 2.73 bits per heavy atom. The number of hydrogen-bond donors (Lipinski definition) is 1. The van der Waals surface area contributed by atoms with Crippen LogP contribution in [0.3, 0.4) is 0 Å². The second-order valence-electron chi connectivity index (χ2n) is 2.79. The van der Waals surface area contributed by atoms with Gasteiger partial charge in [0.25, 0.3) is 0 Å². The molecule has 1 rings (SSSR count). The first kappa shape index (κ1) is 9.12. The van der Waals surface area contributed by atoms with Gasteiger partial charge in [-0.2, -0.15) is 0 Å². The predicted molar refractivity (Wildman–Crippen MR) is 41.9 cm³/mol. The largest absolute Gasteiger partial charge is 0.389 e. The van der Waals surface area contributed by atoms with E-state index < -0.39 is 17.1 Å². The van der Waals surface area contributed by atoms with E-state index >= 15 is 0 Å². The molecule has 0 aliphatic carbocycles. The Bertz CT molecular complexity index is 162. The van der Waals surface area contributed by atoms with Gasteiger partial charge < -0.3 is 5.11 Å². The van der Waals surface area contributed by atoms with Crippen LogP contribution in [0.1, 0.15) is 13.8 Å². The summed E-state index contributed by atoms with van der Waals surface area (Å²) in [4.78, 5) is 4.97. The molecule has 0 amide bonds. The van der Waals surface area contributed by atoms with Gasteiger partial charge in [-0.1, -0.05) is 0 Å². The molecule has 1 saturated heterocycles. The fraction of sp³-hybridized carbons (Fsp3) is 1.00. The molecular formula is C6H13NO3S. The van der Waals surface area contributed by atoms with Crippen LogP contribution >= 0.6 is 0 Å². The van der Waals surface area contributed by atoms with Gasteiger partial charge in [0.2, 0.25) is 0 Å². The van der Waals surface area contributed by atoms with E-state index in [0.717, 1.165) is 0 Å². The smallest absolute Gasteiger partial charge is 0.121 e. The van der Waals surface area contributed by atoms with Crippen LogP contribution in [-0.2, 0) is 15.8 Å². The number of hydrogen-bond acceptors (Lipinski definition) is 3. The number of β-amino-alcohol motifs (C(OH)–C–C–N with tert-alkyl or cyclic N) is 1. The molecule has 0 bridgehead atoms. The highest BCUT2D eigenvalue weighted by Gasteiger charge is 2.27. The van der Waals surface area contributed by atoms with Crippen LogP contribution in [0.25, 0.3) is 0 Å². The van der Waals surface area contributed by atoms with Crippen molar-refractivity contribution in [3.05, 3.63) is 0 Å². The predicted octanol–water partition coefficient (Wildman–Crippen LogP) is -0.333. The highest BCUT2D eigenvalue weighted by Crippen LogP contribution is 2.11. The summed E-state index contributed by atoms with van der Waals surface area (Å²) in [6.07, 6.45) is -0.488. The molecule has 2 atom stereocenters. The lowest BCUT2D eigenvalue weighted by Gasteiger charge is -2.14. The summed E-state index contributed by atoms with van der Waals surface area (Å²) in [6.45, 7) is 4.32. The highest BCUT2D eigenvalue weighted by molar-refractivity contribution is 7.83. The van der Waals surface area contributed by atoms with E-state index in [2.05, 4.69) is 0 Å². The van der Waals surface area contributed by atoms with Crippen molar-refractivity contribution in [2.24, 2.45) is 0 Å². The lowest BCUT2D eigenvalue weighted by atomic mass is 10.4. The molecule has 0 aromatic carbocycles. The van der Waals surface area contributed by atoms with Gasteiger partial charge in [-0.15, -0.1) is 4.47 Å². The third-order valence-corrected chi connectivity index (χ3v) is 2.84. The van der Waals surface area contributed by atoms with E-state index in [1.807, 2.05) is 13.8 Å². The average molecular weight is 179 g/mol. The van der Waals surface area contributed by atoms with Crippen molar-refractivity contribution in [2.45, 2.75) is 25.2 Å². The first-order valence-electron chi connectivity index (χ1n) is 3.60. The second-order valence-corrected chi connectivity index (χ2v) is 4.69. The van der Waals surface area contributed by atoms with Crippen LogP contribution in [0.2, 0.25) is 0 Å². The summed E-state index contributed by atoms with van der Waals surface area (Å²) in [5.74, 6) is 0. The van der Waals surface area contributed by atoms with Crippen LogP contribution in [0.4, 0.5) is 0 Å². The van der Waals surface area contributed by atoms with Crippen LogP contribution in [0.5, 0.6) is 0 Å². The SMILES string of the molecule is CC(C)S(=O)N1CC(O)CO1. The molecule has 5 heteroatoms. The molecule has 2 unspecified atom stereocenters. The van der Waals surface area contributed by atoms with E-state index in [0.29, 0.717) is 6.54 Å². The van der Waals surface area contributed by atoms with E-state index in [4.69, 9.17) is 9.94 Å². The third kappa shape index (κ3) is 2.23. The van der Waals surface area contributed by atoms with Gasteiger partial charge in [0.15, 0.2) is 0 Å². The minimum absolute atomic E-state index is 0.0419. The Labute approximate surface area is 68.7 Å². The topological polar surface area (TPSA) is 49.8 Å². The van der Waals surface area contributed by atoms with Crippen LogP contribution < -0.4 is 0 Å². The van der Waals surface area contributed by atoms with Gasteiger partial charge in [-0.25, -0.2) is 4.21 Å². The third-order valence-electron chi connectivity index (χ3n) is 1.37. The molecule has 11 heavy (non-hydrogen) atoms. The summed E-state index contributed by atoms with van der Waals surface area (Å²) in [7, 11) is -1.12. The molecule has 1 aliphatic rings. The molecule has 66 valence electrons. The molecule has 0 aromatic heterocycles. The molecule has 1 N–H and O–H groups in total. The zero-order chi connectivity index (χ0) is 8.43. The standard InChI is InChI=1S/C6H13NO3S/c1-5(2)11(9)7-3-6(8)4-10-7/h5-6,8H,3-4H2,1-2H3. The maximum absolute atomic E-state index is 11.3. The van der Waals surface area contributed by atoms with Crippen LogP contribution in [0, 0.1) is 0 Å².